The number of aryl methyl sites for hydroxylation is 1. The zero-order chi connectivity index (χ0) is 14.6. The highest BCUT2D eigenvalue weighted by molar-refractivity contribution is 5.82. The van der Waals surface area contributed by atoms with Gasteiger partial charge in [0.1, 0.15) is 0 Å². The Morgan fingerprint density at radius 2 is 2.10 bits per heavy atom. The maximum absolute atomic E-state index is 12.8. The summed E-state index contributed by atoms with van der Waals surface area (Å²) in [5.74, 6) is 0.280. The average molecular weight is 274 g/mol. The Hall–Kier alpha value is -1.35. The molecule has 1 aliphatic heterocycles. The van der Waals surface area contributed by atoms with Gasteiger partial charge in [-0.05, 0) is 31.9 Å². The first-order chi connectivity index (χ1) is 9.49. The zero-order valence-corrected chi connectivity index (χ0v) is 12.9. The van der Waals surface area contributed by atoms with Gasteiger partial charge >= 0.3 is 0 Å². The minimum absolute atomic E-state index is 0.280. The molecule has 1 aliphatic rings. The van der Waals surface area contributed by atoms with E-state index in [0.29, 0.717) is 0 Å². The topological polar surface area (TPSA) is 32.3 Å². The van der Waals surface area contributed by atoms with E-state index in [1.165, 1.54) is 11.1 Å². The van der Waals surface area contributed by atoms with Gasteiger partial charge in [0, 0.05) is 25.0 Å². The van der Waals surface area contributed by atoms with Crippen LogP contribution < -0.4 is 5.32 Å². The molecule has 0 atom stereocenters. The second-order valence-electron chi connectivity index (χ2n) is 6.45. The monoisotopic (exact) mass is 274 g/mol. The van der Waals surface area contributed by atoms with E-state index >= 15 is 0 Å². The molecular formula is C17H26N2O. The smallest absolute Gasteiger partial charge is 0.228 e. The van der Waals surface area contributed by atoms with Crippen LogP contribution in [0.3, 0.4) is 0 Å². The Morgan fingerprint density at radius 3 is 2.85 bits per heavy atom. The number of hydrogen-bond acceptors (Lipinski definition) is 2. The van der Waals surface area contributed by atoms with Crippen molar-refractivity contribution in [1.29, 1.82) is 0 Å². The summed E-state index contributed by atoms with van der Waals surface area (Å²) < 4.78 is 0. The van der Waals surface area contributed by atoms with E-state index in [9.17, 15) is 4.79 Å². The van der Waals surface area contributed by atoms with Crippen molar-refractivity contribution in [3.05, 3.63) is 35.4 Å². The molecule has 0 aliphatic carbocycles. The normalized spacial score (nSPS) is 16.9. The largest absolute Gasteiger partial charge is 0.341 e. The minimum atomic E-state index is -0.335. The van der Waals surface area contributed by atoms with Crippen LogP contribution in [0.25, 0.3) is 0 Å². The number of nitrogens with one attached hydrogen (secondary N) is 1. The molecule has 1 amide bonds. The maximum atomic E-state index is 12.8. The predicted octanol–water partition coefficient (Wildman–Crippen LogP) is 2.39. The van der Waals surface area contributed by atoms with Crippen LogP contribution in [0.2, 0.25) is 0 Å². The SMILES string of the molecule is Cc1cccc(CC(C)(C)C(=O)N2CCCNCC2)c1. The zero-order valence-electron chi connectivity index (χ0n) is 12.9. The van der Waals surface area contributed by atoms with Crippen molar-refractivity contribution >= 4 is 5.91 Å². The van der Waals surface area contributed by atoms with Crippen LogP contribution in [0, 0.1) is 12.3 Å². The second-order valence-corrected chi connectivity index (χ2v) is 6.45. The van der Waals surface area contributed by atoms with Crippen molar-refractivity contribution in [3.63, 3.8) is 0 Å². The average Bonchev–Trinajstić information content (AvgIpc) is 2.66. The highest BCUT2D eigenvalue weighted by atomic mass is 16.2. The van der Waals surface area contributed by atoms with Crippen LogP contribution in [-0.4, -0.2) is 37.0 Å². The molecule has 20 heavy (non-hydrogen) atoms. The van der Waals surface area contributed by atoms with Gasteiger partial charge in [-0.25, -0.2) is 0 Å². The lowest BCUT2D eigenvalue weighted by Crippen LogP contribution is -2.43. The van der Waals surface area contributed by atoms with E-state index in [0.717, 1.165) is 39.0 Å². The van der Waals surface area contributed by atoms with Gasteiger partial charge in [0.05, 0.1) is 0 Å². The van der Waals surface area contributed by atoms with Crippen LogP contribution >= 0.6 is 0 Å². The third-order valence-corrected chi connectivity index (χ3v) is 3.93. The quantitative estimate of drug-likeness (QED) is 0.918. The first-order valence-electron chi connectivity index (χ1n) is 7.55. The summed E-state index contributed by atoms with van der Waals surface area (Å²) in [6, 6.07) is 8.46. The van der Waals surface area contributed by atoms with Crippen molar-refractivity contribution in [2.75, 3.05) is 26.2 Å². The molecule has 0 radical (unpaired) electrons. The maximum Gasteiger partial charge on any atom is 0.228 e. The lowest BCUT2D eigenvalue weighted by molar-refractivity contribution is -0.140. The first-order valence-corrected chi connectivity index (χ1v) is 7.55. The third kappa shape index (κ3) is 3.83. The van der Waals surface area contributed by atoms with Crippen molar-refractivity contribution in [1.82, 2.24) is 10.2 Å². The van der Waals surface area contributed by atoms with E-state index in [4.69, 9.17) is 0 Å². The Bertz CT molecular complexity index is 460. The summed E-state index contributed by atoms with van der Waals surface area (Å²) in [6.07, 6.45) is 1.85. The van der Waals surface area contributed by atoms with Crippen LogP contribution in [0.15, 0.2) is 24.3 Å². The lowest BCUT2D eigenvalue weighted by Gasteiger charge is -2.31. The summed E-state index contributed by atoms with van der Waals surface area (Å²) in [7, 11) is 0. The molecule has 1 aromatic carbocycles. The molecule has 3 heteroatoms. The Balaban J connectivity index is 2.06. The van der Waals surface area contributed by atoms with Gasteiger partial charge in [0.25, 0.3) is 0 Å². The summed E-state index contributed by atoms with van der Waals surface area (Å²) in [5.41, 5.74) is 2.17. The molecular weight excluding hydrogens is 248 g/mol. The van der Waals surface area contributed by atoms with Crippen molar-refractivity contribution in [2.45, 2.75) is 33.6 Å². The van der Waals surface area contributed by atoms with Gasteiger partial charge in [0.15, 0.2) is 0 Å². The fourth-order valence-electron chi connectivity index (χ4n) is 2.88. The molecule has 0 saturated carbocycles. The molecule has 0 bridgehead atoms. The molecule has 110 valence electrons. The lowest BCUT2D eigenvalue weighted by atomic mass is 9.84. The number of hydrogen-bond donors (Lipinski definition) is 1. The molecule has 1 aromatic rings. The van der Waals surface area contributed by atoms with E-state index in [1.807, 2.05) is 4.90 Å². The van der Waals surface area contributed by atoms with E-state index in [1.54, 1.807) is 0 Å². The summed E-state index contributed by atoms with van der Waals surface area (Å²) in [4.78, 5) is 14.8. The number of carbonyl (C=O) groups excluding carboxylic acids is 1. The van der Waals surface area contributed by atoms with Gasteiger partial charge < -0.3 is 10.2 Å². The fraction of sp³-hybridized carbons (Fsp3) is 0.588. The number of carbonyl (C=O) groups is 1. The van der Waals surface area contributed by atoms with Crippen molar-refractivity contribution in [3.8, 4) is 0 Å². The third-order valence-electron chi connectivity index (χ3n) is 3.93. The molecule has 0 unspecified atom stereocenters. The second kappa shape index (κ2) is 6.40. The fourth-order valence-corrected chi connectivity index (χ4v) is 2.88. The number of benzene rings is 1. The van der Waals surface area contributed by atoms with E-state index in [-0.39, 0.29) is 11.3 Å². The highest BCUT2D eigenvalue weighted by Crippen LogP contribution is 2.25. The molecule has 0 aromatic heterocycles. The molecule has 1 fully saturated rings. The van der Waals surface area contributed by atoms with E-state index in [2.05, 4.69) is 50.4 Å². The molecule has 0 spiro atoms. The summed E-state index contributed by atoms with van der Waals surface area (Å²) >= 11 is 0. The van der Waals surface area contributed by atoms with Crippen molar-refractivity contribution in [2.24, 2.45) is 5.41 Å². The van der Waals surface area contributed by atoms with Gasteiger partial charge in [-0.1, -0.05) is 43.7 Å². The number of rotatable bonds is 3. The molecule has 1 saturated heterocycles. The standard InChI is InChI=1S/C17H26N2O/c1-14-6-4-7-15(12-14)13-17(2,3)16(20)19-10-5-8-18-9-11-19/h4,6-7,12,18H,5,8-11,13H2,1-3H3. The highest BCUT2D eigenvalue weighted by Gasteiger charge is 2.32. The molecule has 1 heterocycles. The van der Waals surface area contributed by atoms with Crippen LogP contribution in [-0.2, 0) is 11.2 Å². The van der Waals surface area contributed by atoms with Crippen LogP contribution in [0.5, 0.6) is 0 Å². The molecule has 2 rings (SSSR count). The van der Waals surface area contributed by atoms with Gasteiger partial charge in [-0.15, -0.1) is 0 Å². The van der Waals surface area contributed by atoms with Crippen molar-refractivity contribution < 1.29 is 4.79 Å². The minimum Gasteiger partial charge on any atom is -0.341 e. The van der Waals surface area contributed by atoms with Crippen LogP contribution in [0.4, 0.5) is 0 Å². The number of amides is 1. The summed E-state index contributed by atoms with van der Waals surface area (Å²) in [6.45, 7) is 9.86. The Morgan fingerprint density at radius 1 is 1.30 bits per heavy atom. The number of nitrogens with zero attached hydrogens (tertiary/aromatic N) is 1. The summed E-state index contributed by atoms with van der Waals surface area (Å²) in [5, 5.41) is 3.35. The Kier molecular flexibility index (Phi) is 4.81. The Labute approximate surface area is 122 Å². The molecule has 3 nitrogen and oxygen atoms in total. The van der Waals surface area contributed by atoms with Gasteiger partial charge in [0.2, 0.25) is 5.91 Å². The van der Waals surface area contributed by atoms with Crippen LogP contribution in [0.1, 0.15) is 31.4 Å². The van der Waals surface area contributed by atoms with Gasteiger partial charge in [-0.3, -0.25) is 4.79 Å². The first kappa shape index (κ1) is 15.0. The predicted molar refractivity (Wildman–Crippen MR) is 82.7 cm³/mol. The molecule has 1 N–H and O–H groups in total. The van der Waals surface area contributed by atoms with E-state index < -0.39 is 0 Å². The van der Waals surface area contributed by atoms with Gasteiger partial charge in [-0.2, -0.15) is 0 Å².